The van der Waals surface area contributed by atoms with Gasteiger partial charge in [0.15, 0.2) is 5.78 Å². The summed E-state index contributed by atoms with van der Waals surface area (Å²) in [6, 6.07) is 18.8. The van der Waals surface area contributed by atoms with Crippen LogP contribution in [0.2, 0.25) is 0 Å². The van der Waals surface area contributed by atoms with Crippen molar-refractivity contribution in [2.45, 2.75) is 13.8 Å². The molecule has 0 atom stereocenters. The molecule has 0 fully saturated rings. The minimum Gasteiger partial charge on any atom is -0.463 e. The monoisotopic (exact) mass is 386 g/mol. The van der Waals surface area contributed by atoms with Crippen LogP contribution in [0.15, 0.2) is 77.2 Å². The zero-order chi connectivity index (χ0) is 20.6. The average Bonchev–Trinajstić information content (AvgIpc) is 3.21. The Kier molecular flexibility index (Phi) is 6.59. The number of hydrogen-bond acceptors (Lipinski definition) is 4. The van der Waals surface area contributed by atoms with E-state index in [1.807, 2.05) is 43.3 Å². The smallest absolute Gasteiger partial charge is 0.330 e. The van der Waals surface area contributed by atoms with Gasteiger partial charge >= 0.3 is 5.97 Å². The van der Waals surface area contributed by atoms with Crippen LogP contribution >= 0.6 is 0 Å². The molecule has 2 aromatic carbocycles. The van der Waals surface area contributed by atoms with Crippen LogP contribution in [0.4, 0.5) is 0 Å². The SMILES string of the molecule is CCOC(=O)/C=C/c1ccc(C(=O)/C=C/c2ccc(-c3ccc(C)cc3)o2)cc1. The Balaban J connectivity index is 1.63. The Morgan fingerprint density at radius 2 is 1.62 bits per heavy atom. The Morgan fingerprint density at radius 3 is 2.31 bits per heavy atom. The molecule has 4 heteroatoms. The largest absolute Gasteiger partial charge is 0.463 e. The zero-order valence-electron chi connectivity index (χ0n) is 16.4. The van der Waals surface area contributed by atoms with E-state index in [4.69, 9.17) is 9.15 Å². The van der Waals surface area contributed by atoms with E-state index in [9.17, 15) is 9.59 Å². The van der Waals surface area contributed by atoms with Crippen LogP contribution in [0.3, 0.4) is 0 Å². The minimum atomic E-state index is -0.390. The van der Waals surface area contributed by atoms with E-state index in [0.29, 0.717) is 17.9 Å². The van der Waals surface area contributed by atoms with Gasteiger partial charge in [0, 0.05) is 17.2 Å². The van der Waals surface area contributed by atoms with Crippen molar-refractivity contribution in [2.24, 2.45) is 0 Å². The van der Waals surface area contributed by atoms with Gasteiger partial charge in [0.05, 0.1) is 6.61 Å². The van der Waals surface area contributed by atoms with Crippen LogP contribution < -0.4 is 0 Å². The fourth-order valence-corrected chi connectivity index (χ4v) is 2.68. The summed E-state index contributed by atoms with van der Waals surface area (Å²) in [6.07, 6.45) is 6.16. The summed E-state index contributed by atoms with van der Waals surface area (Å²) >= 11 is 0. The van der Waals surface area contributed by atoms with E-state index < -0.39 is 0 Å². The third-order valence-corrected chi connectivity index (χ3v) is 4.26. The lowest BCUT2D eigenvalue weighted by molar-refractivity contribution is -0.137. The van der Waals surface area contributed by atoms with Gasteiger partial charge in [-0.25, -0.2) is 4.79 Å². The number of hydrogen-bond donors (Lipinski definition) is 0. The highest BCUT2D eigenvalue weighted by Crippen LogP contribution is 2.23. The molecule has 29 heavy (non-hydrogen) atoms. The maximum absolute atomic E-state index is 12.4. The number of aryl methyl sites for hydroxylation is 1. The fraction of sp³-hybridized carbons (Fsp3) is 0.120. The van der Waals surface area contributed by atoms with Crippen molar-refractivity contribution in [3.05, 3.63) is 95.3 Å². The van der Waals surface area contributed by atoms with Gasteiger partial charge in [-0.2, -0.15) is 0 Å². The highest BCUT2D eigenvalue weighted by Gasteiger charge is 2.05. The van der Waals surface area contributed by atoms with Gasteiger partial charge in [-0.1, -0.05) is 54.1 Å². The number of benzene rings is 2. The van der Waals surface area contributed by atoms with Crippen LogP contribution in [0.1, 0.15) is 34.2 Å². The van der Waals surface area contributed by atoms with Gasteiger partial charge in [0.2, 0.25) is 0 Å². The van der Waals surface area contributed by atoms with E-state index in [2.05, 4.69) is 0 Å². The quantitative estimate of drug-likeness (QED) is 0.296. The molecule has 1 heterocycles. The molecule has 0 aliphatic rings. The van der Waals surface area contributed by atoms with Gasteiger partial charge in [0.25, 0.3) is 0 Å². The van der Waals surface area contributed by atoms with E-state index in [1.54, 1.807) is 43.3 Å². The lowest BCUT2D eigenvalue weighted by atomic mass is 10.1. The number of ether oxygens (including phenoxy) is 1. The second-order valence-corrected chi connectivity index (χ2v) is 6.47. The summed E-state index contributed by atoms with van der Waals surface area (Å²) in [5.41, 5.74) is 3.55. The maximum atomic E-state index is 12.4. The van der Waals surface area contributed by atoms with Crippen molar-refractivity contribution >= 4 is 23.9 Å². The second kappa shape index (κ2) is 9.51. The summed E-state index contributed by atoms with van der Waals surface area (Å²) in [5, 5.41) is 0. The Bertz CT molecular complexity index is 1040. The minimum absolute atomic E-state index is 0.126. The topological polar surface area (TPSA) is 56.5 Å². The first-order chi connectivity index (χ1) is 14.0. The molecule has 4 nitrogen and oxygen atoms in total. The predicted octanol–water partition coefficient (Wildman–Crippen LogP) is 5.73. The van der Waals surface area contributed by atoms with Gasteiger partial charge < -0.3 is 9.15 Å². The number of furan rings is 1. The Morgan fingerprint density at radius 1 is 0.897 bits per heavy atom. The molecule has 0 saturated heterocycles. The van der Waals surface area contributed by atoms with Gasteiger partial charge in [0.1, 0.15) is 11.5 Å². The summed E-state index contributed by atoms with van der Waals surface area (Å²) in [6.45, 7) is 4.13. The summed E-state index contributed by atoms with van der Waals surface area (Å²) < 4.78 is 10.6. The van der Waals surface area contributed by atoms with Crippen LogP contribution in [0.25, 0.3) is 23.5 Å². The summed E-state index contributed by atoms with van der Waals surface area (Å²) in [4.78, 5) is 23.7. The van der Waals surface area contributed by atoms with Crippen molar-refractivity contribution in [1.82, 2.24) is 0 Å². The molecule has 1 aromatic heterocycles. The third kappa shape index (κ3) is 5.66. The molecule has 0 aliphatic carbocycles. The van der Waals surface area contributed by atoms with Crippen molar-refractivity contribution in [1.29, 1.82) is 0 Å². The molecule has 0 spiro atoms. The highest BCUT2D eigenvalue weighted by atomic mass is 16.5. The molecule has 0 radical (unpaired) electrons. The van der Waals surface area contributed by atoms with Crippen molar-refractivity contribution < 1.29 is 18.7 Å². The number of carbonyl (C=O) groups excluding carboxylic acids is 2. The lowest BCUT2D eigenvalue weighted by Gasteiger charge is -1.98. The second-order valence-electron chi connectivity index (χ2n) is 6.47. The standard InChI is InChI=1S/C25H22O4/c1-3-28-25(27)17-8-19-6-11-20(12-7-19)23(26)15-13-22-14-16-24(29-22)21-9-4-18(2)5-10-21/h4-17H,3H2,1-2H3/b15-13+,17-8+. The molecule has 3 rings (SSSR count). The fourth-order valence-electron chi connectivity index (χ4n) is 2.68. The third-order valence-electron chi connectivity index (χ3n) is 4.26. The van der Waals surface area contributed by atoms with Crippen molar-refractivity contribution in [3.8, 4) is 11.3 Å². The molecular formula is C25H22O4. The first kappa shape index (κ1) is 20.1. The predicted molar refractivity (Wildman–Crippen MR) is 114 cm³/mol. The van der Waals surface area contributed by atoms with E-state index >= 15 is 0 Å². The lowest BCUT2D eigenvalue weighted by Crippen LogP contribution is -1.98. The van der Waals surface area contributed by atoms with Gasteiger partial charge in [-0.05, 0) is 49.8 Å². The molecule has 0 unspecified atom stereocenters. The van der Waals surface area contributed by atoms with Crippen molar-refractivity contribution in [3.63, 3.8) is 0 Å². The summed E-state index contributed by atoms with van der Waals surface area (Å²) in [5.74, 6) is 0.857. The maximum Gasteiger partial charge on any atom is 0.330 e. The van der Waals surface area contributed by atoms with E-state index in [0.717, 1.165) is 16.9 Å². The molecule has 146 valence electrons. The molecule has 0 bridgehead atoms. The number of esters is 1. The Labute approximate surface area is 170 Å². The molecule has 0 amide bonds. The summed E-state index contributed by atoms with van der Waals surface area (Å²) in [7, 11) is 0. The van der Waals surface area contributed by atoms with Crippen LogP contribution in [0, 0.1) is 6.92 Å². The van der Waals surface area contributed by atoms with E-state index in [1.165, 1.54) is 17.7 Å². The molecule has 0 saturated carbocycles. The zero-order valence-corrected chi connectivity index (χ0v) is 16.4. The van der Waals surface area contributed by atoms with Gasteiger partial charge in [-0.3, -0.25) is 4.79 Å². The average molecular weight is 386 g/mol. The number of carbonyl (C=O) groups is 2. The van der Waals surface area contributed by atoms with Gasteiger partial charge in [-0.15, -0.1) is 0 Å². The molecule has 3 aromatic rings. The number of ketones is 1. The van der Waals surface area contributed by atoms with Crippen LogP contribution in [-0.4, -0.2) is 18.4 Å². The first-order valence-electron chi connectivity index (χ1n) is 9.39. The molecule has 0 N–H and O–H groups in total. The van der Waals surface area contributed by atoms with Crippen LogP contribution in [-0.2, 0) is 9.53 Å². The van der Waals surface area contributed by atoms with Crippen molar-refractivity contribution in [2.75, 3.05) is 6.61 Å². The normalized spacial score (nSPS) is 11.2. The molecule has 0 aliphatic heterocycles. The number of rotatable bonds is 7. The highest BCUT2D eigenvalue weighted by molar-refractivity contribution is 6.06. The molecular weight excluding hydrogens is 364 g/mol. The van der Waals surface area contributed by atoms with Crippen LogP contribution in [0.5, 0.6) is 0 Å². The van der Waals surface area contributed by atoms with E-state index in [-0.39, 0.29) is 11.8 Å². The number of allylic oxidation sites excluding steroid dienone is 1. The first-order valence-corrected chi connectivity index (χ1v) is 9.39. The Hall–Kier alpha value is -3.66.